The summed E-state index contributed by atoms with van der Waals surface area (Å²) >= 11 is 0. The SMILES string of the molecule is CCCCc1nc(C)cc(NCCNC(=O)[C@H](C)O)n1. The average molecular weight is 280 g/mol. The van der Waals surface area contributed by atoms with E-state index in [-0.39, 0.29) is 5.91 Å². The number of aliphatic hydroxyl groups excluding tert-OH is 1. The average Bonchev–Trinajstić information content (AvgIpc) is 2.40. The Morgan fingerprint density at radius 1 is 1.40 bits per heavy atom. The monoisotopic (exact) mass is 280 g/mol. The normalized spacial score (nSPS) is 12.0. The lowest BCUT2D eigenvalue weighted by molar-refractivity contribution is -0.128. The van der Waals surface area contributed by atoms with Crippen molar-refractivity contribution in [2.24, 2.45) is 0 Å². The van der Waals surface area contributed by atoms with Crippen molar-refractivity contribution in [3.63, 3.8) is 0 Å². The molecule has 0 radical (unpaired) electrons. The first-order chi connectivity index (χ1) is 9.52. The smallest absolute Gasteiger partial charge is 0.248 e. The summed E-state index contributed by atoms with van der Waals surface area (Å²) in [6, 6.07) is 1.88. The van der Waals surface area contributed by atoms with Gasteiger partial charge in [-0.1, -0.05) is 13.3 Å². The van der Waals surface area contributed by atoms with Gasteiger partial charge in [0.15, 0.2) is 0 Å². The van der Waals surface area contributed by atoms with Crippen LogP contribution in [0.15, 0.2) is 6.07 Å². The Morgan fingerprint density at radius 3 is 2.80 bits per heavy atom. The number of aliphatic hydroxyl groups is 1. The van der Waals surface area contributed by atoms with Crippen LogP contribution in [0.25, 0.3) is 0 Å². The molecule has 6 heteroatoms. The number of aryl methyl sites for hydroxylation is 2. The van der Waals surface area contributed by atoms with Crippen molar-refractivity contribution in [1.29, 1.82) is 0 Å². The maximum absolute atomic E-state index is 11.2. The molecule has 3 N–H and O–H groups in total. The van der Waals surface area contributed by atoms with Crippen LogP contribution in [-0.4, -0.2) is 40.2 Å². The van der Waals surface area contributed by atoms with Crippen molar-refractivity contribution in [2.75, 3.05) is 18.4 Å². The standard InChI is InChI=1S/C14H24N4O2/c1-4-5-6-12-17-10(2)9-13(18-12)15-7-8-16-14(20)11(3)19/h9,11,19H,4-8H2,1-3H3,(H,16,20)(H,15,17,18)/t11-/m0/s1. The van der Waals surface area contributed by atoms with Crippen LogP contribution in [0.3, 0.4) is 0 Å². The van der Waals surface area contributed by atoms with Crippen LogP contribution in [0.5, 0.6) is 0 Å². The van der Waals surface area contributed by atoms with E-state index in [0.29, 0.717) is 13.1 Å². The van der Waals surface area contributed by atoms with Crippen LogP contribution in [0.1, 0.15) is 38.2 Å². The highest BCUT2D eigenvalue weighted by molar-refractivity contribution is 5.79. The Hall–Kier alpha value is -1.69. The molecule has 1 amide bonds. The minimum Gasteiger partial charge on any atom is -0.384 e. The molecule has 1 heterocycles. The molecular weight excluding hydrogens is 256 g/mol. The van der Waals surface area contributed by atoms with Gasteiger partial charge in [-0.25, -0.2) is 9.97 Å². The number of anilines is 1. The lowest BCUT2D eigenvalue weighted by Crippen LogP contribution is -2.35. The van der Waals surface area contributed by atoms with Gasteiger partial charge in [0.25, 0.3) is 0 Å². The zero-order valence-electron chi connectivity index (χ0n) is 12.4. The molecule has 0 bridgehead atoms. The number of carbonyl (C=O) groups is 1. The molecule has 0 saturated carbocycles. The van der Waals surface area contributed by atoms with Crippen molar-refractivity contribution in [3.8, 4) is 0 Å². The van der Waals surface area contributed by atoms with Gasteiger partial charge in [-0.3, -0.25) is 4.79 Å². The fourth-order valence-corrected chi connectivity index (χ4v) is 1.69. The van der Waals surface area contributed by atoms with Crippen molar-refractivity contribution < 1.29 is 9.90 Å². The van der Waals surface area contributed by atoms with Gasteiger partial charge in [0.1, 0.15) is 17.7 Å². The highest BCUT2D eigenvalue weighted by Crippen LogP contribution is 2.08. The number of carbonyl (C=O) groups excluding carboxylic acids is 1. The van der Waals surface area contributed by atoms with Gasteiger partial charge >= 0.3 is 0 Å². The van der Waals surface area contributed by atoms with E-state index in [2.05, 4.69) is 27.5 Å². The third kappa shape index (κ3) is 5.97. The van der Waals surface area contributed by atoms with Gasteiger partial charge in [0.05, 0.1) is 0 Å². The van der Waals surface area contributed by atoms with Crippen LogP contribution >= 0.6 is 0 Å². The third-order valence-corrected chi connectivity index (χ3v) is 2.76. The number of aromatic nitrogens is 2. The minimum absolute atomic E-state index is 0.366. The van der Waals surface area contributed by atoms with Gasteiger partial charge in [-0.15, -0.1) is 0 Å². The molecule has 1 aromatic heterocycles. The van der Waals surface area contributed by atoms with E-state index in [9.17, 15) is 4.79 Å². The molecule has 0 aliphatic heterocycles. The van der Waals surface area contributed by atoms with Gasteiger partial charge in [-0.2, -0.15) is 0 Å². The van der Waals surface area contributed by atoms with Gasteiger partial charge < -0.3 is 15.7 Å². The molecule has 0 fully saturated rings. The van der Waals surface area contributed by atoms with E-state index < -0.39 is 6.10 Å². The van der Waals surface area contributed by atoms with E-state index in [1.54, 1.807) is 0 Å². The van der Waals surface area contributed by atoms with E-state index in [1.807, 2.05) is 13.0 Å². The molecule has 0 saturated heterocycles. The maximum atomic E-state index is 11.2. The van der Waals surface area contributed by atoms with Crippen molar-refractivity contribution in [1.82, 2.24) is 15.3 Å². The number of amides is 1. The summed E-state index contributed by atoms with van der Waals surface area (Å²) in [4.78, 5) is 20.0. The number of rotatable bonds is 8. The zero-order valence-corrected chi connectivity index (χ0v) is 12.4. The first-order valence-electron chi connectivity index (χ1n) is 7.07. The predicted molar refractivity (Wildman–Crippen MR) is 78.6 cm³/mol. The Labute approximate surface area is 120 Å². The molecule has 0 unspecified atom stereocenters. The van der Waals surface area contributed by atoms with Gasteiger partial charge in [0, 0.05) is 31.3 Å². The van der Waals surface area contributed by atoms with Crippen LogP contribution in [-0.2, 0) is 11.2 Å². The summed E-state index contributed by atoms with van der Waals surface area (Å²) in [7, 11) is 0. The lowest BCUT2D eigenvalue weighted by atomic mass is 10.2. The van der Waals surface area contributed by atoms with E-state index >= 15 is 0 Å². The number of hydrogen-bond acceptors (Lipinski definition) is 5. The van der Waals surface area contributed by atoms with E-state index in [1.165, 1.54) is 6.92 Å². The first kappa shape index (κ1) is 16.4. The second-order valence-corrected chi connectivity index (χ2v) is 4.81. The quantitative estimate of drug-likeness (QED) is 0.619. The highest BCUT2D eigenvalue weighted by Gasteiger charge is 2.07. The van der Waals surface area contributed by atoms with Crippen LogP contribution in [0, 0.1) is 6.92 Å². The molecule has 0 aliphatic carbocycles. The number of hydrogen-bond donors (Lipinski definition) is 3. The fourth-order valence-electron chi connectivity index (χ4n) is 1.69. The predicted octanol–water partition coefficient (Wildman–Crippen LogP) is 1.04. The summed E-state index contributed by atoms with van der Waals surface area (Å²) < 4.78 is 0. The Bertz CT molecular complexity index is 435. The molecule has 0 aromatic carbocycles. The zero-order chi connectivity index (χ0) is 15.0. The van der Waals surface area contributed by atoms with Crippen LogP contribution in [0.2, 0.25) is 0 Å². The van der Waals surface area contributed by atoms with Crippen LogP contribution < -0.4 is 10.6 Å². The molecule has 1 rings (SSSR count). The molecule has 0 aliphatic rings. The minimum atomic E-state index is -0.975. The van der Waals surface area contributed by atoms with Gasteiger partial charge in [-0.05, 0) is 20.3 Å². The van der Waals surface area contributed by atoms with Crippen molar-refractivity contribution in [2.45, 2.75) is 46.1 Å². The second kappa shape index (κ2) is 8.47. The van der Waals surface area contributed by atoms with Gasteiger partial charge in [0.2, 0.25) is 5.91 Å². The van der Waals surface area contributed by atoms with Crippen molar-refractivity contribution >= 4 is 11.7 Å². The van der Waals surface area contributed by atoms with Crippen LogP contribution in [0.4, 0.5) is 5.82 Å². The summed E-state index contributed by atoms with van der Waals surface area (Å²) in [5, 5.41) is 14.8. The summed E-state index contributed by atoms with van der Waals surface area (Å²) in [5.41, 5.74) is 0.932. The Kier molecular flexibility index (Phi) is 6.93. The number of unbranched alkanes of at least 4 members (excludes halogenated alkanes) is 1. The first-order valence-corrected chi connectivity index (χ1v) is 7.07. The molecular formula is C14H24N4O2. The Balaban J connectivity index is 2.43. The van der Waals surface area contributed by atoms with E-state index in [0.717, 1.165) is 36.6 Å². The second-order valence-electron chi connectivity index (χ2n) is 4.81. The fraction of sp³-hybridized carbons (Fsp3) is 0.643. The Morgan fingerprint density at radius 2 is 2.15 bits per heavy atom. The summed E-state index contributed by atoms with van der Waals surface area (Å²) in [6.07, 6.45) is 2.10. The summed E-state index contributed by atoms with van der Waals surface area (Å²) in [6.45, 7) is 6.52. The lowest BCUT2D eigenvalue weighted by Gasteiger charge is -2.10. The van der Waals surface area contributed by atoms with Crippen molar-refractivity contribution in [3.05, 3.63) is 17.6 Å². The highest BCUT2D eigenvalue weighted by atomic mass is 16.3. The molecule has 6 nitrogen and oxygen atoms in total. The third-order valence-electron chi connectivity index (χ3n) is 2.76. The topological polar surface area (TPSA) is 87.1 Å². The molecule has 0 spiro atoms. The summed E-state index contributed by atoms with van der Waals surface area (Å²) in [5.74, 6) is 1.26. The molecule has 1 aromatic rings. The maximum Gasteiger partial charge on any atom is 0.248 e. The molecule has 20 heavy (non-hydrogen) atoms. The largest absolute Gasteiger partial charge is 0.384 e. The number of nitrogens with one attached hydrogen (secondary N) is 2. The molecule has 112 valence electrons. The number of nitrogens with zero attached hydrogens (tertiary/aromatic N) is 2. The van der Waals surface area contributed by atoms with E-state index in [4.69, 9.17) is 5.11 Å². The molecule has 1 atom stereocenters.